The fraction of sp³-hybridized carbons (Fsp3) is 0.571. The van der Waals surface area contributed by atoms with Crippen LogP contribution in [0.3, 0.4) is 0 Å². The number of likely N-dealkylation sites (N-methyl/N-ethyl adjacent to an activating group) is 2. The maximum Gasteiger partial charge on any atom is 0.244 e. The zero-order valence-electron chi connectivity index (χ0n) is 12.4. The predicted molar refractivity (Wildman–Crippen MR) is 87.5 cm³/mol. The lowest BCUT2D eigenvalue weighted by molar-refractivity contribution is 0.187. The standard InChI is InChI=1S/C14H22BrN3O2S/c1-17-7-3-4-12(10-17)18(2)21(19,20)14-8-11(9-16)5-6-13(14)15/h5-6,8,12H,3-4,7,9-10,16H2,1-2H3. The van der Waals surface area contributed by atoms with E-state index in [1.54, 1.807) is 19.2 Å². The first kappa shape index (κ1) is 16.9. The van der Waals surface area contributed by atoms with E-state index >= 15 is 0 Å². The predicted octanol–water partition coefficient (Wildman–Crippen LogP) is 1.62. The average molecular weight is 376 g/mol. The van der Waals surface area contributed by atoms with Crippen LogP contribution in [-0.2, 0) is 16.6 Å². The second kappa shape index (κ2) is 6.75. The molecule has 21 heavy (non-hydrogen) atoms. The third-order valence-corrected chi connectivity index (χ3v) is 6.91. The van der Waals surface area contributed by atoms with E-state index in [1.807, 2.05) is 13.1 Å². The van der Waals surface area contributed by atoms with E-state index in [0.29, 0.717) is 15.9 Å². The molecule has 0 spiro atoms. The van der Waals surface area contributed by atoms with Crippen molar-refractivity contribution in [2.75, 3.05) is 27.2 Å². The first-order valence-electron chi connectivity index (χ1n) is 7.01. The van der Waals surface area contributed by atoms with Gasteiger partial charge in [0.15, 0.2) is 0 Å². The monoisotopic (exact) mass is 375 g/mol. The molecule has 1 aliphatic heterocycles. The molecule has 0 saturated carbocycles. The molecule has 0 bridgehead atoms. The van der Waals surface area contributed by atoms with Crippen molar-refractivity contribution in [2.45, 2.75) is 30.3 Å². The Labute approximate surface area is 135 Å². The number of halogens is 1. The van der Waals surface area contributed by atoms with Crippen LogP contribution in [0.15, 0.2) is 27.6 Å². The Morgan fingerprint density at radius 1 is 1.48 bits per heavy atom. The van der Waals surface area contributed by atoms with Crippen LogP contribution in [0.5, 0.6) is 0 Å². The van der Waals surface area contributed by atoms with E-state index in [4.69, 9.17) is 5.73 Å². The molecule has 0 aromatic heterocycles. The van der Waals surface area contributed by atoms with Gasteiger partial charge in [0.1, 0.15) is 0 Å². The lowest BCUT2D eigenvalue weighted by atomic mass is 10.1. The van der Waals surface area contributed by atoms with Crippen LogP contribution in [-0.4, -0.2) is 50.8 Å². The first-order chi connectivity index (χ1) is 9.86. The Morgan fingerprint density at radius 2 is 2.19 bits per heavy atom. The van der Waals surface area contributed by atoms with Gasteiger partial charge in [-0.3, -0.25) is 0 Å². The van der Waals surface area contributed by atoms with Gasteiger partial charge in [-0.05, 0) is 60.1 Å². The van der Waals surface area contributed by atoms with Gasteiger partial charge < -0.3 is 10.6 Å². The zero-order chi connectivity index (χ0) is 15.6. The molecule has 2 rings (SSSR count). The molecule has 118 valence electrons. The molecule has 1 atom stereocenters. The highest BCUT2D eigenvalue weighted by atomic mass is 79.9. The molecule has 7 heteroatoms. The van der Waals surface area contributed by atoms with Crippen molar-refractivity contribution in [3.63, 3.8) is 0 Å². The first-order valence-corrected chi connectivity index (χ1v) is 9.24. The molecule has 1 fully saturated rings. The molecule has 1 saturated heterocycles. The second-order valence-electron chi connectivity index (χ2n) is 5.55. The van der Waals surface area contributed by atoms with Crippen LogP contribution in [0.25, 0.3) is 0 Å². The molecule has 5 nitrogen and oxygen atoms in total. The van der Waals surface area contributed by atoms with Crippen LogP contribution in [0, 0.1) is 0 Å². The fourth-order valence-electron chi connectivity index (χ4n) is 2.66. The van der Waals surface area contributed by atoms with E-state index in [0.717, 1.165) is 31.5 Å². The second-order valence-corrected chi connectivity index (χ2v) is 8.37. The van der Waals surface area contributed by atoms with E-state index in [9.17, 15) is 8.42 Å². The summed E-state index contributed by atoms with van der Waals surface area (Å²) in [5.41, 5.74) is 6.43. The maximum absolute atomic E-state index is 12.9. The van der Waals surface area contributed by atoms with Gasteiger partial charge in [0.05, 0.1) is 4.90 Å². The van der Waals surface area contributed by atoms with Gasteiger partial charge in [0.2, 0.25) is 10.0 Å². The van der Waals surface area contributed by atoms with E-state index in [2.05, 4.69) is 20.8 Å². The summed E-state index contributed by atoms with van der Waals surface area (Å²) in [7, 11) is 0.172. The van der Waals surface area contributed by atoms with Gasteiger partial charge in [-0.15, -0.1) is 0 Å². The Balaban J connectivity index is 2.32. The molecule has 0 radical (unpaired) electrons. The van der Waals surface area contributed by atoms with Gasteiger partial charge in [-0.2, -0.15) is 4.31 Å². The Morgan fingerprint density at radius 3 is 2.81 bits per heavy atom. The third-order valence-electron chi connectivity index (χ3n) is 4.00. The lowest BCUT2D eigenvalue weighted by Crippen LogP contribution is -2.47. The van der Waals surface area contributed by atoms with Gasteiger partial charge in [-0.1, -0.05) is 6.07 Å². The van der Waals surface area contributed by atoms with Crippen molar-refractivity contribution in [2.24, 2.45) is 5.73 Å². The zero-order valence-corrected chi connectivity index (χ0v) is 14.8. The Hall–Kier alpha value is -0.470. The minimum absolute atomic E-state index is 0.0159. The average Bonchev–Trinajstić information content (AvgIpc) is 2.46. The van der Waals surface area contributed by atoms with Gasteiger partial charge in [-0.25, -0.2) is 8.42 Å². The van der Waals surface area contributed by atoms with Crippen molar-refractivity contribution >= 4 is 26.0 Å². The summed E-state index contributed by atoms with van der Waals surface area (Å²) in [6.07, 6.45) is 1.92. The highest BCUT2D eigenvalue weighted by Gasteiger charge is 2.31. The quantitative estimate of drug-likeness (QED) is 0.867. The molecule has 0 aliphatic carbocycles. The number of piperidine rings is 1. The van der Waals surface area contributed by atoms with Gasteiger partial charge >= 0.3 is 0 Å². The van der Waals surface area contributed by atoms with E-state index in [-0.39, 0.29) is 6.04 Å². The smallest absolute Gasteiger partial charge is 0.244 e. The number of sulfonamides is 1. The molecular weight excluding hydrogens is 354 g/mol. The van der Waals surface area contributed by atoms with Crippen LogP contribution in [0.2, 0.25) is 0 Å². The Kier molecular flexibility index (Phi) is 5.43. The minimum Gasteiger partial charge on any atom is -0.326 e. The lowest BCUT2D eigenvalue weighted by Gasteiger charge is -2.35. The summed E-state index contributed by atoms with van der Waals surface area (Å²) < 4.78 is 27.8. The van der Waals surface area contributed by atoms with Crippen LogP contribution >= 0.6 is 15.9 Å². The van der Waals surface area contributed by atoms with Crippen molar-refractivity contribution in [1.29, 1.82) is 0 Å². The SMILES string of the molecule is CN1CCCC(N(C)S(=O)(=O)c2cc(CN)ccc2Br)C1. The van der Waals surface area contributed by atoms with Gasteiger partial charge in [0, 0.05) is 30.7 Å². The summed E-state index contributed by atoms with van der Waals surface area (Å²) in [5.74, 6) is 0. The number of hydrogen-bond acceptors (Lipinski definition) is 4. The molecule has 1 heterocycles. The van der Waals surface area contributed by atoms with E-state index in [1.165, 1.54) is 4.31 Å². The maximum atomic E-state index is 12.9. The number of benzene rings is 1. The van der Waals surface area contributed by atoms with Crippen molar-refractivity contribution in [3.05, 3.63) is 28.2 Å². The normalized spacial score (nSPS) is 20.9. The molecular formula is C14H22BrN3O2S. The number of rotatable bonds is 4. The summed E-state index contributed by atoms with van der Waals surface area (Å²) in [6, 6.07) is 5.25. The van der Waals surface area contributed by atoms with Crippen molar-refractivity contribution in [3.8, 4) is 0 Å². The van der Waals surface area contributed by atoms with Gasteiger partial charge in [0.25, 0.3) is 0 Å². The molecule has 1 aliphatic rings. The highest BCUT2D eigenvalue weighted by molar-refractivity contribution is 9.10. The molecule has 0 amide bonds. The topological polar surface area (TPSA) is 66.6 Å². The number of likely N-dealkylation sites (tertiary alicyclic amines) is 1. The van der Waals surface area contributed by atoms with Crippen molar-refractivity contribution in [1.82, 2.24) is 9.21 Å². The summed E-state index contributed by atoms with van der Waals surface area (Å²) in [4.78, 5) is 2.46. The number of hydrogen-bond donors (Lipinski definition) is 1. The summed E-state index contributed by atoms with van der Waals surface area (Å²) in [5, 5.41) is 0. The fourth-order valence-corrected chi connectivity index (χ4v) is 5.01. The van der Waals surface area contributed by atoms with Crippen molar-refractivity contribution < 1.29 is 8.42 Å². The van der Waals surface area contributed by atoms with Crippen LogP contribution in [0.1, 0.15) is 18.4 Å². The molecule has 1 unspecified atom stereocenters. The minimum atomic E-state index is -3.52. The molecule has 1 aromatic rings. The van der Waals surface area contributed by atoms with Crippen LogP contribution < -0.4 is 5.73 Å². The largest absolute Gasteiger partial charge is 0.326 e. The third kappa shape index (κ3) is 3.65. The highest BCUT2D eigenvalue weighted by Crippen LogP contribution is 2.28. The number of nitrogens with two attached hydrogens (primary N) is 1. The number of nitrogens with zero attached hydrogens (tertiary/aromatic N) is 2. The summed E-state index contributed by atoms with van der Waals surface area (Å²) >= 11 is 3.34. The van der Waals surface area contributed by atoms with Crippen LogP contribution in [0.4, 0.5) is 0 Å². The van der Waals surface area contributed by atoms with E-state index < -0.39 is 10.0 Å². The Bertz CT molecular complexity index is 606. The molecule has 1 aromatic carbocycles. The summed E-state index contributed by atoms with van der Waals surface area (Å²) in [6.45, 7) is 2.12. The molecule has 2 N–H and O–H groups in total.